The Labute approximate surface area is 163 Å². The van der Waals surface area contributed by atoms with E-state index in [4.69, 9.17) is 0 Å². The lowest BCUT2D eigenvalue weighted by Gasteiger charge is -2.14. The van der Waals surface area contributed by atoms with Crippen molar-refractivity contribution in [1.29, 1.82) is 0 Å². The van der Waals surface area contributed by atoms with Gasteiger partial charge in [-0.25, -0.2) is 12.7 Å². The molecule has 0 aliphatic rings. The zero-order chi connectivity index (χ0) is 20.0. The number of sulfonamides is 1. The van der Waals surface area contributed by atoms with Gasteiger partial charge in [0.1, 0.15) is 0 Å². The first-order valence-electron chi connectivity index (χ1n) is 8.06. The van der Waals surface area contributed by atoms with Crippen LogP contribution in [0.15, 0.2) is 64.4 Å². The maximum atomic E-state index is 12.2. The van der Waals surface area contributed by atoms with E-state index in [1.54, 1.807) is 6.92 Å². The molecule has 2 amide bonds. The number of thioether (sulfide) groups is 1. The Morgan fingerprint density at radius 2 is 1.67 bits per heavy atom. The average Bonchev–Trinajstić information content (AvgIpc) is 2.66. The van der Waals surface area contributed by atoms with Crippen LogP contribution in [0.3, 0.4) is 0 Å². The van der Waals surface area contributed by atoms with Crippen molar-refractivity contribution >= 4 is 33.6 Å². The summed E-state index contributed by atoms with van der Waals surface area (Å²) in [6, 6.07) is 15.0. The normalized spacial score (nSPS) is 12.4. The molecule has 144 valence electrons. The summed E-state index contributed by atoms with van der Waals surface area (Å²) in [6.07, 6.45) is 0. The largest absolute Gasteiger partial charge is 0.272 e. The summed E-state index contributed by atoms with van der Waals surface area (Å²) in [4.78, 5) is 25.3. The number of benzene rings is 2. The Morgan fingerprint density at radius 1 is 1.00 bits per heavy atom. The van der Waals surface area contributed by atoms with Gasteiger partial charge in [-0.05, 0) is 37.3 Å². The molecule has 0 saturated carbocycles. The molecule has 7 nitrogen and oxygen atoms in total. The van der Waals surface area contributed by atoms with Crippen LogP contribution in [0.2, 0.25) is 0 Å². The number of nitrogens with zero attached hydrogens (tertiary/aromatic N) is 1. The van der Waals surface area contributed by atoms with E-state index < -0.39 is 21.2 Å². The number of nitrogens with one attached hydrogen (secondary N) is 2. The second-order valence-electron chi connectivity index (χ2n) is 5.83. The van der Waals surface area contributed by atoms with Crippen molar-refractivity contribution < 1.29 is 18.0 Å². The fourth-order valence-electron chi connectivity index (χ4n) is 2.06. The summed E-state index contributed by atoms with van der Waals surface area (Å²) >= 11 is 1.36. The molecule has 0 aromatic heterocycles. The van der Waals surface area contributed by atoms with E-state index in [1.165, 1.54) is 50.1 Å². The molecule has 0 aliphatic carbocycles. The van der Waals surface area contributed by atoms with Gasteiger partial charge in [0.25, 0.3) is 11.8 Å². The first-order chi connectivity index (χ1) is 12.7. The molecule has 2 rings (SSSR count). The van der Waals surface area contributed by atoms with Crippen LogP contribution in [0, 0.1) is 0 Å². The van der Waals surface area contributed by atoms with Gasteiger partial charge in [0, 0.05) is 24.6 Å². The van der Waals surface area contributed by atoms with Crippen LogP contribution in [0.25, 0.3) is 0 Å². The molecule has 0 radical (unpaired) electrons. The minimum atomic E-state index is -3.65. The highest BCUT2D eigenvalue weighted by atomic mass is 32.2. The van der Waals surface area contributed by atoms with Crippen LogP contribution < -0.4 is 10.9 Å². The second-order valence-corrected chi connectivity index (χ2v) is 9.40. The zero-order valence-electron chi connectivity index (χ0n) is 15.2. The second kappa shape index (κ2) is 9.03. The summed E-state index contributed by atoms with van der Waals surface area (Å²) in [5.41, 5.74) is 4.80. The molecular weight excluding hydrogens is 386 g/mol. The third-order valence-corrected chi connectivity index (χ3v) is 6.52. The Balaban J connectivity index is 1.98. The van der Waals surface area contributed by atoms with Gasteiger partial charge >= 0.3 is 0 Å². The zero-order valence-corrected chi connectivity index (χ0v) is 16.8. The lowest BCUT2D eigenvalue weighted by Crippen LogP contribution is -2.44. The first kappa shape index (κ1) is 20.9. The quantitative estimate of drug-likeness (QED) is 0.563. The molecule has 0 unspecified atom stereocenters. The van der Waals surface area contributed by atoms with Gasteiger partial charge in [-0.3, -0.25) is 20.4 Å². The summed E-state index contributed by atoms with van der Waals surface area (Å²) in [5, 5.41) is -0.423. The van der Waals surface area contributed by atoms with Crippen molar-refractivity contribution in [3.05, 3.63) is 60.2 Å². The number of rotatable bonds is 6. The Morgan fingerprint density at radius 3 is 2.30 bits per heavy atom. The van der Waals surface area contributed by atoms with Crippen molar-refractivity contribution in [3.8, 4) is 0 Å². The van der Waals surface area contributed by atoms with Crippen LogP contribution in [0.1, 0.15) is 17.3 Å². The fraction of sp³-hybridized carbons (Fsp3) is 0.222. The van der Waals surface area contributed by atoms with Crippen LogP contribution in [0.4, 0.5) is 0 Å². The minimum absolute atomic E-state index is 0.000484. The predicted octanol–water partition coefficient (Wildman–Crippen LogP) is 1.88. The lowest BCUT2D eigenvalue weighted by atomic mass is 10.2. The van der Waals surface area contributed by atoms with Crippen molar-refractivity contribution in [1.82, 2.24) is 15.2 Å². The van der Waals surface area contributed by atoms with Gasteiger partial charge in [-0.2, -0.15) is 0 Å². The number of amides is 2. The van der Waals surface area contributed by atoms with Crippen molar-refractivity contribution in [2.45, 2.75) is 22.0 Å². The van der Waals surface area contributed by atoms with Gasteiger partial charge in [0.05, 0.1) is 10.1 Å². The van der Waals surface area contributed by atoms with E-state index in [-0.39, 0.29) is 16.4 Å². The number of hydrogen-bond acceptors (Lipinski definition) is 5. The Kier molecular flexibility index (Phi) is 7.00. The molecule has 0 aliphatic heterocycles. The average molecular weight is 408 g/mol. The topological polar surface area (TPSA) is 95.6 Å². The van der Waals surface area contributed by atoms with E-state index in [0.29, 0.717) is 0 Å². The van der Waals surface area contributed by atoms with Crippen LogP contribution in [0.5, 0.6) is 0 Å². The summed E-state index contributed by atoms with van der Waals surface area (Å²) < 4.78 is 25.4. The Hall–Kier alpha value is -2.36. The maximum absolute atomic E-state index is 12.2. The molecule has 27 heavy (non-hydrogen) atoms. The van der Waals surface area contributed by atoms with Gasteiger partial charge in [0.15, 0.2) is 0 Å². The van der Waals surface area contributed by atoms with Crippen molar-refractivity contribution in [2.24, 2.45) is 0 Å². The van der Waals surface area contributed by atoms with Crippen LogP contribution in [-0.4, -0.2) is 43.9 Å². The molecule has 0 saturated heterocycles. The van der Waals surface area contributed by atoms with Crippen LogP contribution in [-0.2, 0) is 14.8 Å². The highest BCUT2D eigenvalue weighted by Crippen LogP contribution is 2.22. The molecule has 0 heterocycles. The molecule has 0 spiro atoms. The van der Waals surface area contributed by atoms with Gasteiger partial charge in [-0.15, -0.1) is 11.8 Å². The lowest BCUT2D eigenvalue weighted by molar-refractivity contribution is -0.121. The molecule has 0 bridgehead atoms. The molecule has 1 atom stereocenters. The van der Waals surface area contributed by atoms with Gasteiger partial charge in [-0.1, -0.05) is 24.3 Å². The standard InChI is InChI=1S/C18H21N3O4S2/c1-13(26-15-9-5-4-6-10-15)17(22)19-20-18(23)14-8-7-11-16(12-14)27(24,25)21(2)3/h4-13H,1-3H3,(H,19,22)(H,20,23)/t13-/m0/s1. The summed E-state index contributed by atoms with van der Waals surface area (Å²) in [7, 11) is -0.828. The molecule has 0 fully saturated rings. The summed E-state index contributed by atoms with van der Waals surface area (Å²) in [6.45, 7) is 1.73. The number of hydrazine groups is 1. The fourth-order valence-corrected chi connectivity index (χ4v) is 3.89. The van der Waals surface area contributed by atoms with E-state index in [0.717, 1.165) is 9.20 Å². The number of carbonyl (C=O) groups excluding carboxylic acids is 2. The third kappa shape index (κ3) is 5.56. The molecule has 2 N–H and O–H groups in total. The molecule has 2 aromatic carbocycles. The van der Waals surface area contributed by atoms with Gasteiger partial charge in [0.2, 0.25) is 10.0 Å². The highest BCUT2D eigenvalue weighted by Gasteiger charge is 2.19. The minimum Gasteiger partial charge on any atom is -0.272 e. The number of hydrogen-bond donors (Lipinski definition) is 2. The third-order valence-electron chi connectivity index (χ3n) is 3.60. The SMILES string of the molecule is C[C@H](Sc1ccccc1)C(=O)NNC(=O)c1cccc(S(=O)(=O)N(C)C)c1. The predicted molar refractivity (Wildman–Crippen MR) is 105 cm³/mol. The highest BCUT2D eigenvalue weighted by molar-refractivity contribution is 8.00. The van der Waals surface area contributed by atoms with E-state index in [2.05, 4.69) is 10.9 Å². The number of carbonyl (C=O) groups is 2. The summed E-state index contributed by atoms with van der Waals surface area (Å²) in [5.74, 6) is -0.967. The molecular formula is C18H21N3O4S2. The van der Waals surface area contributed by atoms with Crippen LogP contribution >= 0.6 is 11.8 Å². The van der Waals surface area contributed by atoms with E-state index in [1.807, 2.05) is 30.3 Å². The monoisotopic (exact) mass is 407 g/mol. The smallest absolute Gasteiger partial charge is 0.269 e. The Bertz CT molecular complexity index is 915. The molecule has 2 aromatic rings. The maximum Gasteiger partial charge on any atom is 0.269 e. The van der Waals surface area contributed by atoms with Gasteiger partial charge < -0.3 is 0 Å². The van der Waals surface area contributed by atoms with E-state index >= 15 is 0 Å². The molecule has 9 heteroatoms. The van der Waals surface area contributed by atoms with Crippen molar-refractivity contribution in [3.63, 3.8) is 0 Å². The van der Waals surface area contributed by atoms with Crippen molar-refractivity contribution in [2.75, 3.05) is 14.1 Å². The first-order valence-corrected chi connectivity index (χ1v) is 10.4. The van der Waals surface area contributed by atoms with E-state index in [9.17, 15) is 18.0 Å².